The fraction of sp³-hybridized carbons (Fsp3) is 0.517. The molecule has 0 radical (unpaired) electrons. The van der Waals surface area contributed by atoms with E-state index in [2.05, 4.69) is 25.9 Å². The van der Waals surface area contributed by atoms with Gasteiger partial charge in [-0.25, -0.2) is 14.8 Å². The highest BCUT2D eigenvalue weighted by molar-refractivity contribution is 6.33. The average molecular weight is 551 g/mol. The summed E-state index contributed by atoms with van der Waals surface area (Å²) < 4.78 is 5.36. The normalized spacial score (nSPS) is 27.7. The monoisotopic (exact) mass is 550 g/mol. The van der Waals surface area contributed by atoms with Crippen molar-refractivity contribution in [1.29, 1.82) is 0 Å². The molecule has 3 saturated carbocycles. The van der Waals surface area contributed by atoms with E-state index in [9.17, 15) is 9.59 Å². The third kappa shape index (κ3) is 5.16. The Morgan fingerprint density at radius 2 is 1.92 bits per heavy atom. The first-order chi connectivity index (χ1) is 18.6. The second kappa shape index (κ2) is 9.70. The third-order valence-corrected chi connectivity index (χ3v) is 8.57. The Morgan fingerprint density at radius 3 is 2.72 bits per heavy atom. The first kappa shape index (κ1) is 25.9. The molecule has 0 aliphatic heterocycles. The van der Waals surface area contributed by atoms with E-state index in [0.717, 1.165) is 48.6 Å². The highest BCUT2D eigenvalue weighted by atomic mass is 35.5. The predicted octanol–water partition coefficient (Wildman–Crippen LogP) is 5.42. The second-order valence-corrected chi connectivity index (χ2v) is 12.6. The third-order valence-electron chi connectivity index (χ3n) is 8.29. The maximum atomic E-state index is 13.2. The molecule has 0 saturated heterocycles. The van der Waals surface area contributed by atoms with E-state index in [1.54, 1.807) is 6.20 Å². The lowest BCUT2D eigenvalue weighted by atomic mass is 9.78. The van der Waals surface area contributed by atoms with Crippen molar-refractivity contribution in [3.63, 3.8) is 0 Å². The van der Waals surface area contributed by atoms with Gasteiger partial charge in [0, 0.05) is 40.8 Å². The number of hydrogen-bond donors (Lipinski definition) is 4. The Hall–Kier alpha value is -3.33. The van der Waals surface area contributed by atoms with Gasteiger partial charge in [-0.1, -0.05) is 29.8 Å². The number of benzene rings is 1. The number of carbonyl (C=O) groups excluding carboxylic acids is 2. The first-order valence-corrected chi connectivity index (χ1v) is 14.2. The Balaban J connectivity index is 1.04. The lowest BCUT2D eigenvalue weighted by Gasteiger charge is -2.37. The van der Waals surface area contributed by atoms with Crippen molar-refractivity contribution < 1.29 is 14.3 Å². The summed E-state index contributed by atoms with van der Waals surface area (Å²) in [6.07, 6.45) is 8.39. The van der Waals surface area contributed by atoms with Crippen LogP contribution in [0, 0.1) is 11.3 Å². The van der Waals surface area contributed by atoms with Gasteiger partial charge < -0.3 is 25.7 Å². The van der Waals surface area contributed by atoms with Crippen LogP contribution < -0.4 is 16.0 Å². The van der Waals surface area contributed by atoms with Crippen LogP contribution in [0.4, 0.5) is 10.7 Å². The second-order valence-electron chi connectivity index (χ2n) is 12.2. The molecule has 3 aliphatic carbocycles. The van der Waals surface area contributed by atoms with E-state index in [-0.39, 0.29) is 35.4 Å². The number of para-hydroxylation sites is 1. The molecule has 10 heteroatoms. The zero-order chi connectivity index (χ0) is 27.4. The number of carbonyl (C=O) groups is 2. The number of aromatic nitrogens is 3. The van der Waals surface area contributed by atoms with Gasteiger partial charge in [-0.3, -0.25) is 4.79 Å². The minimum atomic E-state index is -0.535. The van der Waals surface area contributed by atoms with Crippen LogP contribution in [0.1, 0.15) is 59.3 Å². The minimum Gasteiger partial charge on any atom is -0.444 e. The van der Waals surface area contributed by atoms with Crippen molar-refractivity contribution in [2.24, 2.45) is 11.3 Å². The van der Waals surface area contributed by atoms with Gasteiger partial charge in [0.2, 0.25) is 11.9 Å². The first-order valence-electron chi connectivity index (χ1n) is 13.8. The number of aromatic amines is 1. The number of anilines is 1. The van der Waals surface area contributed by atoms with Gasteiger partial charge in [0.1, 0.15) is 5.60 Å². The van der Waals surface area contributed by atoms with E-state index in [1.165, 1.54) is 0 Å². The molecule has 6 rings (SSSR count). The molecule has 1 aromatic carbocycles. The Kier molecular flexibility index (Phi) is 6.44. The van der Waals surface area contributed by atoms with Gasteiger partial charge in [-0.05, 0) is 71.3 Å². The van der Waals surface area contributed by atoms with E-state index in [0.29, 0.717) is 23.1 Å². The standard InChI is InChI=1S/C29H35ClN6O3/c1-28(2,3)39-27(38)35-23-13-29(12-20(23)29)25(37)33-16-7-6-8-17(11-16)34-26-32-15-21(30)24(36-26)19-14-31-22-10-5-4-9-18(19)22/h4-5,9-10,14-17,20,23,31H,6-8,11-13H2,1-3H3,(H,33,37)(H,35,38)(H,32,34,36). The predicted molar refractivity (Wildman–Crippen MR) is 150 cm³/mol. The van der Waals surface area contributed by atoms with Crippen LogP contribution >= 0.6 is 11.6 Å². The summed E-state index contributed by atoms with van der Waals surface area (Å²) in [7, 11) is 0. The van der Waals surface area contributed by atoms with Crippen molar-refractivity contribution in [2.75, 3.05) is 5.32 Å². The molecule has 3 fully saturated rings. The number of nitrogens with one attached hydrogen (secondary N) is 4. The summed E-state index contributed by atoms with van der Waals surface area (Å²) in [6.45, 7) is 5.53. The molecule has 3 aromatic rings. The molecule has 5 atom stereocenters. The fourth-order valence-corrected chi connectivity index (χ4v) is 6.48. The fourth-order valence-electron chi connectivity index (χ4n) is 6.29. The molecule has 4 N–H and O–H groups in total. The summed E-state index contributed by atoms with van der Waals surface area (Å²) in [5.41, 5.74) is 1.79. The van der Waals surface area contributed by atoms with Gasteiger partial charge in [-0.2, -0.15) is 0 Å². The van der Waals surface area contributed by atoms with E-state index >= 15 is 0 Å². The molecule has 0 spiro atoms. The SMILES string of the molecule is CC(C)(C)OC(=O)NC1CC2(C(=O)NC3CCCC(Nc4ncc(Cl)c(-c5c[nH]c6ccccc56)n4)C3)CC12. The van der Waals surface area contributed by atoms with Crippen LogP contribution in [0.2, 0.25) is 5.02 Å². The van der Waals surface area contributed by atoms with Crippen molar-refractivity contribution >= 4 is 40.5 Å². The Labute approximate surface area is 232 Å². The average Bonchev–Trinajstić information content (AvgIpc) is 3.27. The van der Waals surface area contributed by atoms with Gasteiger partial charge >= 0.3 is 6.09 Å². The number of amides is 2. The number of alkyl carbamates (subject to hydrolysis) is 1. The van der Waals surface area contributed by atoms with E-state index in [1.807, 2.05) is 51.2 Å². The lowest BCUT2D eigenvalue weighted by molar-refractivity contribution is -0.130. The molecule has 0 bridgehead atoms. The number of H-pyrrole nitrogens is 1. The lowest BCUT2D eigenvalue weighted by Crippen LogP contribution is -2.54. The van der Waals surface area contributed by atoms with Crippen LogP contribution in [0.3, 0.4) is 0 Å². The number of nitrogens with zero attached hydrogens (tertiary/aromatic N) is 2. The van der Waals surface area contributed by atoms with Crippen molar-refractivity contribution in [2.45, 2.75) is 83.0 Å². The van der Waals surface area contributed by atoms with E-state index in [4.69, 9.17) is 21.3 Å². The molecule has 39 heavy (non-hydrogen) atoms. The number of hydrogen-bond acceptors (Lipinski definition) is 6. The number of fused-ring (bicyclic) bond motifs is 2. The van der Waals surface area contributed by atoms with Gasteiger partial charge in [0.15, 0.2) is 0 Å². The van der Waals surface area contributed by atoms with Gasteiger partial charge in [0.05, 0.1) is 22.3 Å². The van der Waals surface area contributed by atoms with Crippen molar-refractivity contribution in [1.82, 2.24) is 25.6 Å². The number of rotatable bonds is 6. The van der Waals surface area contributed by atoms with Crippen molar-refractivity contribution in [3.05, 3.63) is 41.7 Å². The zero-order valence-electron chi connectivity index (χ0n) is 22.5. The maximum absolute atomic E-state index is 13.2. The smallest absolute Gasteiger partial charge is 0.407 e. The van der Waals surface area contributed by atoms with Crippen LogP contribution in [-0.4, -0.2) is 50.7 Å². The summed E-state index contributed by atoms with van der Waals surface area (Å²) >= 11 is 6.50. The van der Waals surface area contributed by atoms with Crippen LogP contribution in [0.25, 0.3) is 22.2 Å². The molecule has 9 nitrogen and oxygen atoms in total. The summed E-state index contributed by atoms with van der Waals surface area (Å²) in [6, 6.07) is 8.31. The molecule has 2 amide bonds. The minimum absolute atomic E-state index is 0.0137. The van der Waals surface area contributed by atoms with Crippen molar-refractivity contribution in [3.8, 4) is 11.3 Å². The Morgan fingerprint density at radius 1 is 1.13 bits per heavy atom. The summed E-state index contributed by atoms with van der Waals surface area (Å²) in [5, 5.41) is 11.3. The van der Waals surface area contributed by atoms with Crippen LogP contribution in [-0.2, 0) is 9.53 Å². The topological polar surface area (TPSA) is 121 Å². The highest BCUT2D eigenvalue weighted by Crippen LogP contribution is 2.67. The largest absolute Gasteiger partial charge is 0.444 e. The van der Waals surface area contributed by atoms with E-state index < -0.39 is 11.7 Å². The highest BCUT2D eigenvalue weighted by Gasteiger charge is 2.72. The Bertz CT molecular complexity index is 1420. The summed E-state index contributed by atoms with van der Waals surface area (Å²) in [4.78, 5) is 37.8. The zero-order valence-corrected chi connectivity index (χ0v) is 23.3. The maximum Gasteiger partial charge on any atom is 0.407 e. The van der Waals surface area contributed by atoms with Gasteiger partial charge in [0.25, 0.3) is 0 Å². The molecule has 5 unspecified atom stereocenters. The quantitative estimate of drug-likeness (QED) is 0.325. The molecule has 3 aliphatic rings. The molecular weight excluding hydrogens is 516 g/mol. The molecular formula is C29H35ClN6O3. The van der Waals surface area contributed by atoms with Gasteiger partial charge in [-0.15, -0.1) is 0 Å². The number of halogens is 1. The number of ether oxygens (including phenoxy) is 1. The molecule has 2 heterocycles. The molecule has 2 aromatic heterocycles. The summed E-state index contributed by atoms with van der Waals surface area (Å²) in [5.74, 6) is 0.852. The molecule has 206 valence electrons. The van der Waals surface area contributed by atoms with Crippen LogP contribution in [0.5, 0.6) is 0 Å². The van der Waals surface area contributed by atoms with Crippen LogP contribution in [0.15, 0.2) is 36.7 Å².